The second kappa shape index (κ2) is 2.98. The smallest absolute Gasteiger partial charge is 0.249 e. The largest absolute Gasteiger partial charge is 0.348 e. The summed E-state index contributed by atoms with van der Waals surface area (Å²) in [6.45, 7) is 0. The van der Waals surface area contributed by atoms with Crippen LogP contribution in [-0.2, 0) is 11.2 Å². The molecule has 0 bridgehead atoms. The lowest BCUT2D eigenvalue weighted by Gasteiger charge is -1.92. The average Bonchev–Trinajstić information content (AvgIpc) is 2.40. The zero-order chi connectivity index (χ0) is 7.40. The Labute approximate surface area is 57.0 Å². The molecule has 0 aliphatic rings. The monoisotopic (exact) mass is 141 g/mol. The maximum absolute atomic E-state index is 10.5. The molecule has 3 N–H and O–H groups in total. The van der Waals surface area contributed by atoms with E-state index in [9.17, 15) is 4.79 Å². The third kappa shape index (κ3) is 1.56. The summed E-state index contributed by atoms with van der Waals surface area (Å²) in [6, 6.07) is 0. The number of aromatic nitrogens is 2. The van der Waals surface area contributed by atoms with Gasteiger partial charge >= 0.3 is 0 Å². The zero-order valence-electron chi connectivity index (χ0n) is 5.16. The van der Waals surface area contributed by atoms with Crippen molar-refractivity contribution in [3.63, 3.8) is 0 Å². The number of imidazole rings is 1. The molecule has 1 heterocycles. The first-order chi connectivity index (χ1) is 4.83. The van der Waals surface area contributed by atoms with Gasteiger partial charge in [-0.2, -0.15) is 0 Å². The molecule has 0 aliphatic carbocycles. The first kappa shape index (κ1) is 6.76. The van der Waals surface area contributed by atoms with Crippen molar-refractivity contribution in [1.82, 2.24) is 15.4 Å². The van der Waals surface area contributed by atoms with Crippen LogP contribution in [0.5, 0.6) is 0 Å². The SMILES string of the molecule is O=C(Cc1cnc[nH]1)NO. The first-order valence-corrected chi connectivity index (χ1v) is 2.73. The fraction of sp³-hybridized carbons (Fsp3) is 0.200. The van der Waals surface area contributed by atoms with Crippen molar-refractivity contribution in [2.24, 2.45) is 0 Å². The number of hydrogen-bond donors (Lipinski definition) is 3. The number of amides is 1. The van der Waals surface area contributed by atoms with Crippen molar-refractivity contribution >= 4 is 5.91 Å². The van der Waals surface area contributed by atoms with Crippen molar-refractivity contribution in [1.29, 1.82) is 0 Å². The molecule has 0 radical (unpaired) electrons. The van der Waals surface area contributed by atoms with Crippen molar-refractivity contribution < 1.29 is 10.0 Å². The summed E-state index contributed by atoms with van der Waals surface area (Å²) in [4.78, 5) is 16.9. The highest BCUT2D eigenvalue weighted by molar-refractivity contribution is 5.76. The van der Waals surface area contributed by atoms with Gasteiger partial charge < -0.3 is 4.98 Å². The van der Waals surface area contributed by atoms with Gasteiger partial charge in [-0.05, 0) is 0 Å². The van der Waals surface area contributed by atoms with Gasteiger partial charge in [-0.15, -0.1) is 0 Å². The molecule has 5 nitrogen and oxygen atoms in total. The standard InChI is InChI=1S/C5H7N3O2/c9-5(8-10)1-4-2-6-3-7-4/h2-3,10H,1H2,(H,6,7)(H,8,9). The Morgan fingerprint density at radius 3 is 3.20 bits per heavy atom. The highest BCUT2D eigenvalue weighted by Gasteiger charge is 2.00. The van der Waals surface area contributed by atoms with E-state index in [1.165, 1.54) is 18.0 Å². The van der Waals surface area contributed by atoms with Crippen molar-refractivity contribution in [2.45, 2.75) is 6.42 Å². The number of nitrogens with one attached hydrogen (secondary N) is 2. The van der Waals surface area contributed by atoms with Gasteiger partial charge in [-0.3, -0.25) is 10.0 Å². The third-order valence-corrected chi connectivity index (χ3v) is 1.03. The molecule has 0 spiro atoms. The minimum atomic E-state index is -0.454. The minimum absolute atomic E-state index is 0.122. The Morgan fingerprint density at radius 1 is 1.90 bits per heavy atom. The van der Waals surface area contributed by atoms with Gasteiger partial charge in [0, 0.05) is 11.9 Å². The molecule has 54 valence electrons. The molecule has 0 saturated carbocycles. The number of rotatable bonds is 2. The zero-order valence-corrected chi connectivity index (χ0v) is 5.16. The van der Waals surface area contributed by atoms with Gasteiger partial charge in [-0.25, -0.2) is 10.5 Å². The maximum Gasteiger partial charge on any atom is 0.249 e. The number of hydrogen-bond acceptors (Lipinski definition) is 3. The lowest BCUT2D eigenvalue weighted by molar-refractivity contribution is -0.128. The minimum Gasteiger partial charge on any atom is -0.348 e. The van der Waals surface area contributed by atoms with Crippen LogP contribution in [0.25, 0.3) is 0 Å². The number of aromatic amines is 1. The molecule has 1 amide bonds. The fourth-order valence-corrected chi connectivity index (χ4v) is 0.594. The summed E-state index contributed by atoms with van der Waals surface area (Å²) < 4.78 is 0. The second-order valence-electron chi connectivity index (χ2n) is 1.79. The van der Waals surface area contributed by atoms with Crippen LogP contribution in [0.3, 0.4) is 0 Å². The van der Waals surface area contributed by atoms with Crippen LogP contribution in [-0.4, -0.2) is 21.1 Å². The Kier molecular flexibility index (Phi) is 2.01. The van der Waals surface area contributed by atoms with E-state index in [0.29, 0.717) is 5.69 Å². The van der Waals surface area contributed by atoms with E-state index in [-0.39, 0.29) is 6.42 Å². The molecule has 0 atom stereocenters. The predicted octanol–water partition coefficient (Wildman–Crippen LogP) is -0.542. The Bertz CT molecular complexity index is 207. The molecule has 0 aromatic carbocycles. The van der Waals surface area contributed by atoms with Crippen molar-refractivity contribution in [3.05, 3.63) is 18.2 Å². The van der Waals surface area contributed by atoms with Crippen molar-refractivity contribution in [3.8, 4) is 0 Å². The number of carbonyl (C=O) groups is 1. The number of H-pyrrole nitrogens is 1. The molecule has 1 rings (SSSR count). The quantitative estimate of drug-likeness (QED) is 0.382. The van der Waals surface area contributed by atoms with E-state index in [1.54, 1.807) is 0 Å². The molecule has 1 aromatic heterocycles. The van der Waals surface area contributed by atoms with Crippen LogP contribution in [0.15, 0.2) is 12.5 Å². The highest BCUT2D eigenvalue weighted by Crippen LogP contribution is 1.90. The second-order valence-corrected chi connectivity index (χ2v) is 1.79. The first-order valence-electron chi connectivity index (χ1n) is 2.73. The normalized spacial score (nSPS) is 9.30. The van der Waals surface area contributed by atoms with Crippen LogP contribution in [0.1, 0.15) is 5.69 Å². The van der Waals surface area contributed by atoms with Gasteiger partial charge in [0.15, 0.2) is 0 Å². The van der Waals surface area contributed by atoms with Gasteiger partial charge in [0.25, 0.3) is 0 Å². The van der Waals surface area contributed by atoms with Gasteiger partial charge in [-0.1, -0.05) is 0 Å². The molecule has 5 heteroatoms. The molecular formula is C5H7N3O2. The lowest BCUT2D eigenvalue weighted by atomic mass is 10.3. The Morgan fingerprint density at radius 2 is 2.70 bits per heavy atom. The molecule has 1 aromatic rings. The summed E-state index contributed by atoms with van der Waals surface area (Å²) in [5, 5.41) is 8.10. The number of nitrogens with zero attached hydrogens (tertiary/aromatic N) is 1. The maximum atomic E-state index is 10.5. The Balaban J connectivity index is 2.48. The van der Waals surface area contributed by atoms with Crippen LogP contribution < -0.4 is 5.48 Å². The predicted molar refractivity (Wildman–Crippen MR) is 32.2 cm³/mol. The summed E-state index contributed by atoms with van der Waals surface area (Å²) in [5.74, 6) is -0.454. The molecule has 10 heavy (non-hydrogen) atoms. The molecule has 0 fully saturated rings. The Hall–Kier alpha value is -1.36. The molecule has 0 aliphatic heterocycles. The van der Waals surface area contributed by atoms with E-state index < -0.39 is 5.91 Å². The number of hydroxylamine groups is 1. The summed E-state index contributed by atoms with van der Waals surface area (Å²) in [7, 11) is 0. The van der Waals surface area contributed by atoms with Gasteiger partial charge in [0.1, 0.15) is 0 Å². The van der Waals surface area contributed by atoms with Gasteiger partial charge in [0.05, 0.1) is 12.7 Å². The lowest BCUT2D eigenvalue weighted by Crippen LogP contribution is -2.20. The van der Waals surface area contributed by atoms with E-state index >= 15 is 0 Å². The van der Waals surface area contributed by atoms with Crippen LogP contribution >= 0.6 is 0 Å². The van der Waals surface area contributed by atoms with Gasteiger partial charge in [0.2, 0.25) is 5.91 Å². The van der Waals surface area contributed by atoms with E-state index in [0.717, 1.165) is 0 Å². The molecule has 0 saturated heterocycles. The van der Waals surface area contributed by atoms with Crippen LogP contribution in [0.2, 0.25) is 0 Å². The summed E-state index contributed by atoms with van der Waals surface area (Å²) in [6.07, 6.45) is 3.12. The van der Waals surface area contributed by atoms with Crippen LogP contribution in [0, 0.1) is 0 Å². The van der Waals surface area contributed by atoms with Crippen molar-refractivity contribution in [2.75, 3.05) is 0 Å². The third-order valence-electron chi connectivity index (χ3n) is 1.03. The summed E-state index contributed by atoms with van der Waals surface area (Å²) >= 11 is 0. The van der Waals surface area contributed by atoms with E-state index in [4.69, 9.17) is 5.21 Å². The average molecular weight is 141 g/mol. The fourth-order valence-electron chi connectivity index (χ4n) is 0.594. The number of carbonyl (C=O) groups excluding carboxylic acids is 1. The molecule has 0 unspecified atom stereocenters. The summed E-state index contributed by atoms with van der Waals surface area (Å²) in [5.41, 5.74) is 2.19. The molecular weight excluding hydrogens is 134 g/mol. The van der Waals surface area contributed by atoms with E-state index in [1.807, 2.05) is 0 Å². The van der Waals surface area contributed by atoms with Crippen LogP contribution in [0.4, 0.5) is 0 Å². The van der Waals surface area contributed by atoms with E-state index in [2.05, 4.69) is 9.97 Å². The highest BCUT2D eigenvalue weighted by atomic mass is 16.5. The topological polar surface area (TPSA) is 78.0 Å².